The Morgan fingerprint density at radius 3 is 2.36 bits per heavy atom. The SMILES string of the molecule is C=CCN(C)C(CC)CNC(C)(C)C. The molecular weight excluding hydrogens is 172 g/mol. The largest absolute Gasteiger partial charge is 0.311 e. The second kappa shape index (κ2) is 6.20. The maximum atomic E-state index is 3.76. The number of likely N-dealkylation sites (N-methyl/N-ethyl adjacent to an activating group) is 1. The Kier molecular flexibility index (Phi) is 6.05. The summed E-state index contributed by atoms with van der Waals surface area (Å²) in [4.78, 5) is 2.34. The van der Waals surface area contributed by atoms with Gasteiger partial charge in [0.15, 0.2) is 0 Å². The molecule has 0 aromatic heterocycles. The number of hydrogen-bond acceptors (Lipinski definition) is 2. The lowest BCUT2D eigenvalue weighted by molar-refractivity contribution is 0.235. The fraction of sp³-hybridized carbons (Fsp3) is 0.833. The van der Waals surface area contributed by atoms with E-state index < -0.39 is 0 Å². The van der Waals surface area contributed by atoms with E-state index in [1.807, 2.05) is 6.08 Å². The van der Waals surface area contributed by atoms with Crippen molar-refractivity contribution < 1.29 is 0 Å². The summed E-state index contributed by atoms with van der Waals surface area (Å²) in [6.07, 6.45) is 3.13. The van der Waals surface area contributed by atoms with Gasteiger partial charge in [-0.1, -0.05) is 13.0 Å². The van der Waals surface area contributed by atoms with E-state index in [1.165, 1.54) is 6.42 Å². The smallest absolute Gasteiger partial charge is 0.0218 e. The summed E-state index contributed by atoms with van der Waals surface area (Å²) in [5.41, 5.74) is 0.211. The van der Waals surface area contributed by atoms with E-state index in [4.69, 9.17) is 0 Å². The van der Waals surface area contributed by atoms with Crippen LogP contribution in [0.5, 0.6) is 0 Å². The van der Waals surface area contributed by atoms with Crippen molar-refractivity contribution in [2.24, 2.45) is 0 Å². The van der Waals surface area contributed by atoms with E-state index >= 15 is 0 Å². The van der Waals surface area contributed by atoms with Crippen molar-refractivity contribution in [3.63, 3.8) is 0 Å². The monoisotopic (exact) mass is 198 g/mol. The van der Waals surface area contributed by atoms with Gasteiger partial charge in [0.1, 0.15) is 0 Å². The van der Waals surface area contributed by atoms with Crippen LogP contribution in [0, 0.1) is 0 Å². The highest BCUT2D eigenvalue weighted by Crippen LogP contribution is 2.04. The Morgan fingerprint density at radius 1 is 1.43 bits per heavy atom. The summed E-state index contributed by atoms with van der Waals surface area (Å²) >= 11 is 0. The molecule has 2 nitrogen and oxygen atoms in total. The highest BCUT2D eigenvalue weighted by Gasteiger charge is 2.15. The summed E-state index contributed by atoms with van der Waals surface area (Å²) in [5.74, 6) is 0. The van der Waals surface area contributed by atoms with Crippen LogP contribution in [0.1, 0.15) is 34.1 Å². The third kappa shape index (κ3) is 6.17. The summed E-state index contributed by atoms with van der Waals surface area (Å²) in [5, 5.41) is 3.54. The molecule has 0 aliphatic rings. The van der Waals surface area contributed by atoms with Crippen LogP contribution in [0.15, 0.2) is 12.7 Å². The van der Waals surface area contributed by atoms with Gasteiger partial charge >= 0.3 is 0 Å². The molecule has 0 heterocycles. The van der Waals surface area contributed by atoms with Crippen LogP contribution in [0.25, 0.3) is 0 Å². The van der Waals surface area contributed by atoms with Gasteiger partial charge in [0, 0.05) is 24.7 Å². The zero-order chi connectivity index (χ0) is 11.2. The molecule has 1 N–H and O–H groups in total. The van der Waals surface area contributed by atoms with Gasteiger partial charge < -0.3 is 5.32 Å². The molecule has 0 radical (unpaired) electrons. The average Bonchev–Trinajstić information content (AvgIpc) is 2.03. The van der Waals surface area contributed by atoms with Crippen molar-refractivity contribution in [1.29, 1.82) is 0 Å². The lowest BCUT2D eigenvalue weighted by Gasteiger charge is -2.30. The van der Waals surface area contributed by atoms with E-state index in [0.29, 0.717) is 6.04 Å². The van der Waals surface area contributed by atoms with Gasteiger partial charge in [-0.2, -0.15) is 0 Å². The van der Waals surface area contributed by atoms with Gasteiger partial charge in [-0.3, -0.25) is 4.90 Å². The molecule has 0 bridgehead atoms. The fourth-order valence-corrected chi connectivity index (χ4v) is 1.39. The van der Waals surface area contributed by atoms with Gasteiger partial charge in [-0.25, -0.2) is 0 Å². The first-order chi connectivity index (χ1) is 6.40. The van der Waals surface area contributed by atoms with E-state index in [-0.39, 0.29) is 5.54 Å². The highest BCUT2D eigenvalue weighted by molar-refractivity contribution is 4.80. The Balaban J connectivity index is 3.96. The van der Waals surface area contributed by atoms with E-state index in [9.17, 15) is 0 Å². The third-order valence-electron chi connectivity index (χ3n) is 2.38. The van der Waals surface area contributed by atoms with Crippen molar-refractivity contribution in [3.05, 3.63) is 12.7 Å². The maximum Gasteiger partial charge on any atom is 0.0218 e. The van der Waals surface area contributed by atoms with Crippen LogP contribution < -0.4 is 5.32 Å². The van der Waals surface area contributed by atoms with E-state index in [2.05, 4.69) is 51.5 Å². The second-order valence-corrected chi connectivity index (χ2v) is 4.92. The molecule has 2 heteroatoms. The van der Waals surface area contributed by atoms with Gasteiger partial charge in [-0.05, 0) is 34.2 Å². The summed E-state index contributed by atoms with van der Waals surface area (Å²) in [6, 6.07) is 0.604. The first-order valence-electron chi connectivity index (χ1n) is 5.47. The van der Waals surface area contributed by atoms with Gasteiger partial charge in [0.25, 0.3) is 0 Å². The predicted molar refractivity (Wildman–Crippen MR) is 64.7 cm³/mol. The molecule has 84 valence electrons. The number of nitrogens with zero attached hydrogens (tertiary/aromatic N) is 1. The van der Waals surface area contributed by atoms with E-state index in [0.717, 1.165) is 13.1 Å². The second-order valence-electron chi connectivity index (χ2n) is 4.92. The van der Waals surface area contributed by atoms with Crippen molar-refractivity contribution >= 4 is 0 Å². The molecule has 1 atom stereocenters. The minimum atomic E-state index is 0.211. The van der Waals surface area contributed by atoms with Crippen LogP contribution in [-0.4, -0.2) is 36.6 Å². The predicted octanol–water partition coefficient (Wildman–Crippen LogP) is 2.27. The Morgan fingerprint density at radius 2 is 2.00 bits per heavy atom. The van der Waals surface area contributed by atoms with Crippen LogP contribution in [0.2, 0.25) is 0 Å². The molecule has 0 aromatic rings. The number of hydrogen-bond donors (Lipinski definition) is 1. The molecule has 1 unspecified atom stereocenters. The molecule has 0 amide bonds. The molecule has 0 aliphatic heterocycles. The molecule has 0 saturated carbocycles. The molecule has 0 aliphatic carbocycles. The maximum absolute atomic E-state index is 3.76. The topological polar surface area (TPSA) is 15.3 Å². The Labute approximate surface area is 89.4 Å². The number of nitrogens with one attached hydrogen (secondary N) is 1. The van der Waals surface area contributed by atoms with Gasteiger partial charge in [-0.15, -0.1) is 6.58 Å². The lowest BCUT2D eigenvalue weighted by Crippen LogP contribution is -2.46. The van der Waals surface area contributed by atoms with E-state index in [1.54, 1.807) is 0 Å². The van der Waals surface area contributed by atoms with Gasteiger partial charge in [0.2, 0.25) is 0 Å². The molecule has 0 fully saturated rings. The first kappa shape index (κ1) is 13.7. The standard InChI is InChI=1S/C12H26N2/c1-7-9-14(6)11(8-2)10-13-12(3,4)5/h7,11,13H,1,8-10H2,2-6H3. The van der Waals surface area contributed by atoms with Crippen LogP contribution in [0.4, 0.5) is 0 Å². The highest BCUT2D eigenvalue weighted by atomic mass is 15.1. The zero-order valence-electron chi connectivity index (χ0n) is 10.4. The lowest BCUT2D eigenvalue weighted by atomic mass is 10.1. The van der Waals surface area contributed by atoms with Gasteiger partial charge in [0.05, 0.1) is 0 Å². The summed E-state index contributed by atoms with van der Waals surface area (Å²) < 4.78 is 0. The molecule has 0 saturated heterocycles. The molecular formula is C12H26N2. The Hall–Kier alpha value is -0.340. The van der Waals surface area contributed by atoms with Crippen molar-refractivity contribution in [1.82, 2.24) is 10.2 Å². The van der Waals surface area contributed by atoms with Crippen LogP contribution >= 0.6 is 0 Å². The van der Waals surface area contributed by atoms with Crippen molar-refractivity contribution in [2.45, 2.75) is 45.7 Å². The third-order valence-corrected chi connectivity index (χ3v) is 2.38. The molecule has 0 spiro atoms. The molecule has 0 rings (SSSR count). The minimum absolute atomic E-state index is 0.211. The van der Waals surface area contributed by atoms with Crippen LogP contribution in [-0.2, 0) is 0 Å². The quantitative estimate of drug-likeness (QED) is 0.659. The summed E-state index contributed by atoms with van der Waals surface area (Å²) in [7, 11) is 2.15. The fourth-order valence-electron chi connectivity index (χ4n) is 1.39. The average molecular weight is 198 g/mol. The van der Waals surface area contributed by atoms with Crippen molar-refractivity contribution in [3.8, 4) is 0 Å². The molecule has 14 heavy (non-hydrogen) atoms. The number of rotatable bonds is 6. The zero-order valence-corrected chi connectivity index (χ0v) is 10.4. The first-order valence-corrected chi connectivity index (χ1v) is 5.47. The van der Waals surface area contributed by atoms with Crippen LogP contribution in [0.3, 0.4) is 0 Å². The van der Waals surface area contributed by atoms with Crippen molar-refractivity contribution in [2.75, 3.05) is 20.1 Å². The minimum Gasteiger partial charge on any atom is -0.311 e. The summed E-state index contributed by atoms with van der Waals surface area (Å²) in [6.45, 7) is 14.6. The Bertz CT molecular complexity index is 158. The normalized spacial score (nSPS) is 14.4. The molecule has 0 aromatic carbocycles.